The number of alkyl halides is 2. The van der Waals surface area contributed by atoms with Gasteiger partial charge in [-0.25, -0.2) is 8.78 Å². The van der Waals surface area contributed by atoms with Gasteiger partial charge in [0, 0.05) is 0 Å². The van der Waals surface area contributed by atoms with Crippen LogP contribution in [0.25, 0.3) is 0 Å². The molecule has 0 heterocycles. The topological polar surface area (TPSA) is 26.0 Å². The molecule has 0 amide bonds. The second-order valence-electron chi connectivity index (χ2n) is 3.23. The van der Waals surface area contributed by atoms with Gasteiger partial charge in [-0.3, -0.25) is 0 Å². The number of rotatable bonds is 1. The molecule has 56 valence electrons. The van der Waals surface area contributed by atoms with Crippen LogP contribution in [0.2, 0.25) is 0 Å². The van der Waals surface area contributed by atoms with Gasteiger partial charge in [0.1, 0.15) is 0 Å². The molecule has 0 aliphatic carbocycles. The first kappa shape index (κ1) is 8.82. The van der Waals surface area contributed by atoms with Crippen LogP contribution in [-0.4, -0.2) is 12.5 Å². The highest BCUT2D eigenvalue weighted by molar-refractivity contribution is 4.78. The van der Waals surface area contributed by atoms with Gasteiger partial charge in [0.25, 0.3) is 6.43 Å². The third-order valence-corrected chi connectivity index (χ3v) is 1.27. The molecule has 0 aliphatic heterocycles. The lowest BCUT2D eigenvalue weighted by Gasteiger charge is -2.25. The van der Waals surface area contributed by atoms with E-state index in [2.05, 4.69) is 0 Å². The van der Waals surface area contributed by atoms with E-state index >= 15 is 0 Å². The summed E-state index contributed by atoms with van der Waals surface area (Å²) < 4.78 is 23.6. The highest BCUT2D eigenvalue weighted by Crippen LogP contribution is 2.21. The Balaban J connectivity index is 3.88. The molecule has 2 N–H and O–H groups in total. The highest BCUT2D eigenvalue weighted by Gasteiger charge is 2.28. The van der Waals surface area contributed by atoms with E-state index in [1.54, 1.807) is 20.8 Å². The lowest BCUT2D eigenvalue weighted by molar-refractivity contribution is 0.0658. The zero-order valence-electron chi connectivity index (χ0n) is 5.99. The van der Waals surface area contributed by atoms with Crippen molar-refractivity contribution < 1.29 is 8.78 Å². The van der Waals surface area contributed by atoms with Crippen LogP contribution in [0.1, 0.15) is 20.8 Å². The Bertz CT molecular complexity index is 85.5. The molecule has 0 aliphatic rings. The maximum absolute atomic E-state index is 11.8. The summed E-state index contributed by atoms with van der Waals surface area (Å²) in [5, 5.41) is 0. The Kier molecular flexibility index (Phi) is 2.55. The lowest BCUT2D eigenvalue weighted by Crippen LogP contribution is -2.41. The summed E-state index contributed by atoms with van der Waals surface area (Å²) in [4.78, 5) is 0. The van der Waals surface area contributed by atoms with Gasteiger partial charge in [0.2, 0.25) is 0 Å². The first-order chi connectivity index (χ1) is 3.85. The maximum atomic E-state index is 11.8. The zero-order valence-corrected chi connectivity index (χ0v) is 5.99. The highest BCUT2D eigenvalue weighted by atomic mass is 19.3. The van der Waals surface area contributed by atoms with Crippen LogP contribution in [-0.2, 0) is 0 Å². The third kappa shape index (κ3) is 2.75. The van der Waals surface area contributed by atoms with Crippen LogP contribution in [0, 0.1) is 5.41 Å². The van der Waals surface area contributed by atoms with E-state index in [1.807, 2.05) is 0 Å². The summed E-state index contributed by atoms with van der Waals surface area (Å²) in [7, 11) is 0. The van der Waals surface area contributed by atoms with E-state index in [0.29, 0.717) is 0 Å². The summed E-state index contributed by atoms with van der Waals surface area (Å²) >= 11 is 0. The van der Waals surface area contributed by atoms with Gasteiger partial charge in [-0.05, 0) is 5.41 Å². The van der Waals surface area contributed by atoms with Gasteiger partial charge in [0.15, 0.2) is 0 Å². The third-order valence-electron chi connectivity index (χ3n) is 1.27. The molecule has 0 spiro atoms. The molecule has 0 rings (SSSR count). The predicted molar refractivity (Wildman–Crippen MR) is 33.4 cm³/mol. The van der Waals surface area contributed by atoms with Gasteiger partial charge >= 0.3 is 0 Å². The van der Waals surface area contributed by atoms with Crippen molar-refractivity contribution in [2.45, 2.75) is 33.2 Å². The molecule has 0 aromatic heterocycles. The second kappa shape index (κ2) is 2.60. The van der Waals surface area contributed by atoms with Crippen molar-refractivity contribution in [2.75, 3.05) is 0 Å². The average Bonchev–Trinajstić information content (AvgIpc) is 1.62. The number of hydrogen-bond acceptors (Lipinski definition) is 1. The quantitative estimate of drug-likeness (QED) is 0.584. The first-order valence-corrected chi connectivity index (χ1v) is 2.89. The van der Waals surface area contributed by atoms with E-state index in [1.165, 1.54) is 0 Å². The van der Waals surface area contributed by atoms with Gasteiger partial charge in [-0.2, -0.15) is 0 Å². The van der Waals surface area contributed by atoms with E-state index < -0.39 is 17.9 Å². The van der Waals surface area contributed by atoms with E-state index in [4.69, 9.17) is 5.73 Å². The molecule has 9 heavy (non-hydrogen) atoms. The molecule has 0 aromatic carbocycles. The van der Waals surface area contributed by atoms with Crippen molar-refractivity contribution in [2.24, 2.45) is 11.1 Å². The fourth-order valence-corrected chi connectivity index (χ4v) is 0.378. The van der Waals surface area contributed by atoms with Crippen LogP contribution in [0.15, 0.2) is 0 Å². The van der Waals surface area contributed by atoms with Gasteiger partial charge in [0.05, 0.1) is 6.04 Å². The van der Waals surface area contributed by atoms with Gasteiger partial charge in [-0.15, -0.1) is 0 Å². The Hall–Kier alpha value is -0.180. The Labute approximate surface area is 54.2 Å². The molecule has 1 nitrogen and oxygen atoms in total. The van der Waals surface area contributed by atoms with Crippen molar-refractivity contribution in [3.63, 3.8) is 0 Å². The predicted octanol–water partition coefficient (Wildman–Crippen LogP) is 1.62. The van der Waals surface area contributed by atoms with Crippen LogP contribution in [0.5, 0.6) is 0 Å². The van der Waals surface area contributed by atoms with Crippen molar-refractivity contribution in [3.05, 3.63) is 0 Å². The summed E-state index contributed by atoms with van der Waals surface area (Å²) in [5.41, 5.74) is 4.65. The Morgan fingerprint density at radius 2 is 1.56 bits per heavy atom. The SMILES string of the molecule is CC(C)(C)[C@@H](N)C(F)F. The molecule has 0 unspecified atom stereocenters. The molecule has 1 atom stereocenters. The molecule has 0 aromatic rings. The molecule has 0 radical (unpaired) electrons. The second-order valence-corrected chi connectivity index (χ2v) is 3.23. The minimum atomic E-state index is -2.41. The van der Waals surface area contributed by atoms with Crippen molar-refractivity contribution in [1.29, 1.82) is 0 Å². The zero-order chi connectivity index (χ0) is 7.65. The van der Waals surface area contributed by atoms with Gasteiger partial charge in [-0.1, -0.05) is 20.8 Å². The van der Waals surface area contributed by atoms with Crippen molar-refractivity contribution in [1.82, 2.24) is 0 Å². The fraction of sp³-hybridized carbons (Fsp3) is 1.00. The summed E-state index contributed by atoms with van der Waals surface area (Å²) in [6.07, 6.45) is -2.41. The normalized spacial score (nSPS) is 16.3. The number of halogens is 2. The largest absolute Gasteiger partial charge is 0.322 e. The smallest absolute Gasteiger partial charge is 0.253 e. The molecular formula is C6H13F2N. The molecular weight excluding hydrogens is 124 g/mol. The van der Waals surface area contributed by atoms with Crippen LogP contribution in [0.4, 0.5) is 8.78 Å². The summed E-state index contributed by atoms with van der Waals surface area (Å²) in [6.45, 7) is 5.09. The minimum Gasteiger partial charge on any atom is -0.322 e. The standard InChI is InChI=1S/C6H13F2N/c1-6(2,3)4(9)5(7)8/h4-5H,9H2,1-3H3/t4-/m0/s1. The first-order valence-electron chi connectivity index (χ1n) is 2.89. The Morgan fingerprint density at radius 3 is 1.56 bits per heavy atom. The van der Waals surface area contributed by atoms with E-state index in [0.717, 1.165) is 0 Å². The number of hydrogen-bond donors (Lipinski definition) is 1. The molecule has 3 heteroatoms. The molecule has 0 saturated heterocycles. The average molecular weight is 137 g/mol. The Morgan fingerprint density at radius 1 is 1.22 bits per heavy atom. The maximum Gasteiger partial charge on any atom is 0.253 e. The number of nitrogens with two attached hydrogens (primary N) is 1. The van der Waals surface area contributed by atoms with Crippen molar-refractivity contribution in [3.8, 4) is 0 Å². The van der Waals surface area contributed by atoms with Crippen LogP contribution < -0.4 is 5.73 Å². The summed E-state index contributed by atoms with van der Waals surface area (Å²) in [5.74, 6) is 0. The molecule has 0 fully saturated rings. The molecule has 0 saturated carbocycles. The monoisotopic (exact) mass is 137 g/mol. The van der Waals surface area contributed by atoms with Gasteiger partial charge < -0.3 is 5.73 Å². The summed E-state index contributed by atoms with van der Waals surface area (Å²) in [6, 6.07) is -1.02. The minimum absolute atomic E-state index is 0.492. The van der Waals surface area contributed by atoms with Crippen LogP contribution >= 0.6 is 0 Å². The van der Waals surface area contributed by atoms with Crippen LogP contribution in [0.3, 0.4) is 0 Å². The lowest BCUT2D eigenvalue weighted by atomic mass is 9.88. The van der Waals surface area contributed by atoms with E-state index in [-0.39, 0.29) is 0 Å². The van der Waals surface area contributed by atoms with E-state index in [9.17, 15) is 8.78 Å². The molecule has 0 bridgehead atoms. The fourth-order valence-electron chi connectivity index (χ4n) is 0.378. The van der Waals surface area contributed by atoms with Crippen molar-refractivity contribution >= 4 is 0 Å².